The van der Waals surface area contributed by atoms with E-state index in [0.29, 0.717) is 28.3 Å². The highest BCUT2D eigenvalue weighted by Crippen LogP contribution is 2.32. The Kier molecular flexibility index (Phi) is 3.88. The zero-order chi connectivity index (χ0) is 14.5. The number of nitrogens with zero attached hydrogens (tertiary/aromatic N) is 2. The normalized spacial score (nSPS) is 9.40. The fraction of sp³-hybridized carbons (Fsp3) is 0.125. The Morgan fingerprint density at radius 3 is 2.45 bits per heavy atom. The van der Waals surface area contributed by atoms with Crippen LogP contribution in [0.15, 0.2) is 36.4 Å². The summed E-state index contributed by atoms with van der Waals surface area (Å²) in [5, 5.41) is 21.5. The second-order valence-electron chi connectivity index (χ2n) is 4.28. The zero-order valence-corrected chi connectivity index (χ0v) is 11.3. The van der Waals surface area contributed by atoms with Gasteiger partial charge in [-0.05, 0) is 36.8 Å². The largest absolute Gasteiger partial charge is 0.495 e. The third-order valence-corrected chi connectivity index (χ3v) is 2.92. The summed E-state index contributed by atoms with van der Waals surface area (Å²) < 4.78 is 5.26. The van der Waals surface area contributed by atoms with Gasteiger partial charge in [0.1, 0.15) is 17.9 Å². The molecule has 0 heterocycles. The van der Waals surface area contributed by atoms with Crippen molar-refractivity contribution in [3.63, 3.8) is 0 Å². The number of benzene rings is 2. The minimum Gasteiger partial charge on any atom is -0.495 e. The van der Waals surface area contributed by atoms with Gasteiger partial charge in [-0.3, -0.25) is 0 Å². The Bertz CT molecular complexity index is 723. The molecule has 0 aliphatic rings. The Balaban J connectivity index is 2.51. The number of aryl methyl sites for hydroxylation is 1. The number of anilines is 2. The van der Waals surface area contributed by atoms with Crippen LogP contribution in [-0.2, 0) is 0 Å². The van der Waals surface area contributed by atoms with E-state index in [-0.39, 0.29) is 0 Å². The minimum absolute atomic E-state index is 0.466. The first-order chi connectivity index (χ1) is 9.69. The molecule has 0 amide bonds. The van der Waals surface area contributed by atoms with Crippen molar-refractivity contribution in [2.75, 3.05) is 12.4 Å². The smallest absolute Gasteiger partial charge is 0.143 e. The van der Waals surface area contributed by atoms with Gasteiger partial charge >= 0.3 is 0 Å². The lowest BCUT2D eigenvalue weighted by Crippen LogP contribution is -1.99. The molecule has 0 radical (unpaired) electrons. The molecule has 2 aromatic carbocycles. The molecule has 20 heavy (non-hydrogen) atoms. The molecule has 0 spiro atoms. The van der Waals surface area contributed by atoms with E-state index < -0.39 is 0 Å². The van der Waals surface area contributed by atoms with Crippen LogP contribution in [0.25, 0.3) is 0 Å². The van der Waals surface area contributed by atoms with Crippen LogP contribution in [0.1, 0.15) is 16.7 Å². The monoisotopic (exact) mass is 263 g/mol. The van der Waals surface area contributed by atoms with Gasteiger partial charge in [-0.2, -0.15) is 10.5 Å². The number of methoxy groups -OCH3 is 1. The van der Waals surface area contributed by atoms with Gasteiger partial charge in [0.05, 0.1) is 29.6 Å². The van der Waals surface area contributed by atoms with Crippen LogP contribution in [0.3, 0.4) is 0 Å². The molecule has 1 N–H and O–H groups in total. The Labute approximate surface area is 117 Å². The lowest BCUT2D eigenvalue weighted by Gasteiger charge is -2.13. The van der Waals surface area contributed by atoms with Gasteiger partial charge in [0.15, 0.2) is 0 Å². The van der Waals surface area contributed by atoms with E-state index in [1.54, 1.807) is 31.4 Å². The molecule has 0 atom stereocenters. The van der Waals surface area contributed by atoms with Crippen LogP contribution in [0, 0.1) is 29.6 Å². The summed E-state index contributed by atoms with van der Waals surface area (Å²) in [6.45, 7) is 1.93. The summed E-state index contributed by atoms with van der Waals surface area (Å²) in [7, 11) is 1.54. The summed E-state index contributed by atoms with van der Waals surface area (Å²) in [6, 6.07) is 15.0. The number of para-hydroxylation sites is 1. The highest BCUT2D eigenvalue weighted by atomic mass is 16.5. The van der Waals surface area contributed by atoms with Crippen molar-refractivity contribution in [3.8, 4) is 17.9 Å². The van der Waals surface area contributed by atoms with Crippen LogP contribution in [0.2, 0.25) is 0 Å². The molecule has 0 bridgehead atoms. The predicted molar refractivity (Wildman–Crippen MR) is 76.9 cm³/mol. The van der Waals surface area contributed by atoms with Crippen LogP contribution >= 0.6 is 0 Å². The maximum absolute atomic E-state index is 9.19. The fourth-order valence-corrected chi connectivity index (χ4v) is 1.92. The number of nitrogens with one attached hydrogen (secondary N) is 1. The summed E-state index contributed by atoms with van der Waals surface area (Å²) in [5.74, 6) is 0.563. The third kappa shape index (κ3) is 2.55. The van der Waals surface area contributed by atoms with Crippen molar-refractivity contribution in [2.24, 2.45) is 0 Å². The molecule has 0 fully saturated rings. The second kappa shape index (κ2) is 5.77. The molecular formula is C16H13N3O. The SMILES string of the molecule is COc1cccc(C#N)c1Nc1ccc(C)cc1C#N. The molecule has 4 nitrogen and oxygen atoms in total. The van der Waals surface area contributed by atoms with Gasteiger partial charge in [0.25, 0.3) is 0 Å². The van der Waals surface area contributed by atoms with E-state index in [4.69, 9.17) is 4.74 Å². The van der Waals surface area contributed by atoms with Crippen molar-refractivity contribution in [1.82, 2.24) is 0 Å². The van der Waals surface area contributed by atoms with Gasteiger partial charge in [-0.15, -0.1) is 0 Å². The molecule has 0 saturated heterocycles. The van der Waals surface area contributed by atoms with Gasteiger partial charge in [-0.1, -0.05) is 12.1 Å². The molecular weight excluding hydrogens is 250 g/mol. The van der Waals surface area contributed by atoms with Crippen LogP contribution < -0.4 is 10.1 Å². The Morgan fingerprint density at radius 2 is 1.80 bits per heavy atom. The van der Waals surface area contributed by atoms with E-state index >= 15 is 0 Å². The van der Waals surface area contributed by atoms with E-state index in [9.17, 15) is 10.5 Å². The topological polar surface area (TPSA) is 68.8 Å². The minimum atomic E-state index is 0.466. The number of hydrogen-bond donors (Lipinski definition) is 1. The summed E-state index contributed by atoms with van der Waals surface area (Å²) >= 11 is 0. The lowest BCUT2D eigenvalue weighted by molar-refractivity contribution is 0.416. The Hall–Kier alpha value is -2.98. The predicted octanol–water partition coefficient (Wildman–Crippen LogP) is 3.49. The molecule has 0 unspecified atom stereocenters. The third-order valence-electron chi connectivity index (χ3n) is 2.92. The first-order valence-corrected chi connectivity index (χ1v) is 6.04. The molecule has 4 heteroatoms. The van der Waals surface area contributed by atoms with E-state index in [2.05, 4.69) is 17.5 Å². The van der Waals surface area contributed by atoms with E-state index in [0.717, 1.165) is 5.56 Å². The van der Waals surface area contributed by atoms with Crippen molar-refractivity contribution in [1.29, 1.82) is 10.5 Å². The molecule has 98 valence electrons. The Morgan fingerprint density at radius 1 is 1.05 bits per heavy atom. The van der Waals surface area contributed by atoms with Gasteiger partial charge in [-0.25, -0.2) is 0 Å². The zero-order valence-electron chi connectivity index (χ0n) is 11.3. The maximum Gasteiger partial charge on any atom is 0.143 e. The van der Waals surface area contributed by atoms with Gasteiger partial charge in [0, 0.05) is 0 Å². The van der Waals surface area contributed by atoms with Crippen LogP contribution in [-0.4, -0.2) is 7.11 Å². The average Bonchev–Trinajstić information content (AvgIpc) is 2.49. The second-order valence-corrected chi connectivity index (χ2v) is 4.28. The van der Waals surface area contributed by atoms with Crippen molar-refractivity contribution in [2.45, 2.75) is 6.92 Å². The van der Waals surface area contributed by atoms with Crippen molar-refractivity contribution >= 4 is 11.4 Å². The van der Waals surface area contributed by atoms with Crippen molar-refractivity contribution in [3.05, 3.63) is 53.1 Å². The summed E-state index contributed by atoms with van der Waals surface area (Å²) in [4.78, 5) is 0. The highest BCUT2D eigenvalue weighted by Gasteiger charge is 2.11. The summed E-state index contributed by atoms with van der Waals surface area (Å²) in [6.07, 6.45) is 0. The van der Waals surface area contributed by atoms with E-state index in [1.807, 2.05) is 19.1 Å². The molecule has 0 aromatic heterocycles. The molecule has 2 aromatic rings. The maximum atomic E-state index is 9.19. The quantitative estimate of drug-likeness (QED) is 0.920. The van der Waals surface area contributed by atoms with Crippen LogP contribution in [0.4, 0.5) is 11.4 Å². The number of nitriles is 2. The first-order valence-electron chi connectivity index (χ1n) is 6.04. The van der Waals surface area contributed by atoms with Gasteiger partial charge < -0.3 is 10.1 Å². The average molecular weight is 263 g/mol. The highest BCUT2D eigenvalue weighted by molar-refractivity contribution is 5.75. The fourth-order valence-electron chi connectivity index (χ4n) is 1.92. The first kappa shape index (κ1) is 13.5. The van der Waals surface area contributed by atoms with E-state index in [1.165, 1.54) is 0 Å². The number of rotatable bonds is 3. The summed E-state index contributed by atoms with van der Waals surface area (Å²) in [5.41, 5.74) is 3.22. The van der Waals surface area contributed by atoms with Gasteiger partial charge in [0.2, 0.25) is 0 Å². The molecule has 0 aliphatic carbocycles. The number of ether oxygens (including phenoxy) is 1. The standard InChI is InChI=1S/C16H13N3O/c1-11-6-7-14(13(8-11)10-18)19-16-12(9-17)4-3-5-15(16)20-2/h3-8,19H,1-2H3. The molecule has 0 aliphatic heterocycles. The van der Waals surface area contributed by atoms with Crippen molar-refractivity contribution < 1.29 is 4.74 Å². The molecule has 0 saturated carbocycles. The molecule has 2 rings (SSSR count). The number of hydrogen-bond acceptors (Lipinski definition) is 4. The lowest BCUT2D eigenvalue weighted by atomic mass is 10.1. The van der Waals surface area contributed by atoms with Crippen LogP contribution in [0.5, 0.6) is 5.75 Å².